The lowest BCUT2D eigenvalue weighted by molar-refractivity contribution is 0.262. The summed E-state index contributed by atoms with van der Waals surface area (Å²) in [5.74, 6) is 1.54. The second kappa shape index (κ2) is 5.29. The average Bonchev–Trinajstić information content (AvgIpc) is 2.79. The van der Waals surface area contributed by atoms with Gasteiger partial charge in [0.05, 0.1) is 19.7 Å². The Balaban J connectivity index is 2.33. The van der Waals surface area contributed by atoms with E-state index in [0.717, 1.165) is 17.7 Å². The van der Waals surface area contributed by atoms with Crippen LogP contribution in [-0.4, -0.2) is 30.6 Å². The topological polar surface area (TPSA) is 50.8 Å². The van der Waals surface area contributed by atoms with Gasteiger partial charge in [0.2, 0.25) is 0 Å². The van der Waals surface area contributed by atoms with Crippen LogP contribution in [0.5, 0.6) is 5.75 Å². The lowest BCUT2D eigenvalue weighted by atomic mass is 10.0. The third kappa shape index (κ3) is 2.15. The zero-order chi connectivity index (χ0) is 13.1. The van der Waals surface area contributed by atoms with E-state index in [4.69, 9.17) is 10.5 Å². The minimum Gasteiger partial charge on any atom is -0.496 e. The van der Waals surface area contributed by atoms with Crippen molar-refractivity contribution in [3.63, 3.8) is 0 Å². The fourth-order valence-electron chi connectivity index (χ4n) is 2.43. The molecule has 0 aliphatic carbocycles. The fourth-order valence-corrected chi connectivity index (χ4v) is 2.43. The van der Waals surface area contributed by atoms with Gasteiger partial charge in [0.1, 0.15) is 5.75 Å². The summed E-state index contributed by atoms with van der Waals surface area (Å²) >= 11 is 0. The lowest BCUT2D eigenvalue weighted by Crippen LogP contribution is -2.42. The summed E-state index contributed by atoms with van der Waals surface area (Å²) in [4.78, 5) is 6.58. The van der Waals surface area contributed by atoms with Crippen LogP contribution >= 0.6 is 0 Å². The average molecular weight is 247 g/mol. The Morgan fingerprint density at radius 2 is 2.22 bits per heavy atom. The first kappa shape index (κ1) is 12.7. The van der Waals surface area contributed by atoms with Crippen molar-refractivity contribution in [3.8, 4) is 5.75 Å². The number of hydrogen-bond donors (Lipinski definition) is 1. The number of benzene rings is 1. The third-order valence-corrected chi connectivity index (χ3v) is 3.59. The SMILES string of the molecule is CCC(C)N1C(N)=NCC1c1ccccc1OC. The van der Waals surface area contributed by atoms with Crippen molar-refractivity contribution in [2.75, 3.05) is 13.7 Å². The van der Waals surface area contributed by atoms with E-state index in [-0.39, 0.29) is 6.04 Å². The Bertz CT molecular complexity index is 444. The molecule has 18 heavy (non-hydrogen) atoms. The maximum Gasteiger partial charge on any atom is 0.192 e. The van der Waals surface area contributed by atoms with Gasteiger partial charge in [0.15, 0.2) is 5.96 Å². The Hall–Kier alpha value is -1.71. The van der Waals surface area contributed by atoms with Crippen molar-refractivity contribution < 1.29 is 4.74 Å². The Morgan fingerprint density at radius 3 is 2.89 bits per heavy atom. The molecule has 1 aliphatic heterocycles. The van der Waals surface area contributed by atoms with Crippen LogP contribution in [0.25, 0.3) is 0 Å². The maximum atomic E-state index is 6.01. The first-order chi connectivity index (χ1) is 8.69. The number of nitrogens with zero attached hydrogens (tertiary/aromatic N) is 2. The van der Waals surface area contributed by atoms with Gasteiger partial charge in [-0.2, -0.15) is 0 Å². The third-order valence-electron chi connectivity index (χ3n) is 3.59. The molecule has 0 aromatic heterocycles. The molecule has 0 saturated carbocycles. The van der Waals surface area contributed by atoms with Crippen molar-refractivity contribution in [3.05, 3.63) is 29.8 Å². The summed E-state index contributed by atoms with van der Waals surface area (Å²) in [6.07, 6.45) is 1.04. The molecule has 0 fully saturated rings. The van der Waals surface area contributed by atoms with Gasteiger partial charge in [-0.15, -0.1) is 0 Å². The molecule has 0 radical (unpaired) electrons. The van der Waals surface area contributed by atoms with Crippen LogP contribution in [0.3, 0.4) is 0 Å². The molecule has 2 unspecified atom stereocenters. The van der Waals surface area contributed by atoms with Crippen LogP contribution in [0.15, 0.2) is 29.3 Å². The molecule has 0 amide bonds. The molecule has 2 N–H and O–H groups in total. The molecule has 4 heteroatoms. The number of methoxy groups -OCH3 is 1. The highest BCUT2D eigenvalue weighted by Crippen LogP contribution is 2.33. The largest absolute Gasteiger partial charge is 0.496 e. The molecule has 0 spiro atoms. The Kier molecular flexibility index (Phi) is 3.75. The number of aliphatic imine (C=N–C) groups is 1. The van der Waals surface area contributed by atoms with Gasteiger partial charge in [-0.1, -0.05) is 25.1 Å². The van der Waals surface area contributed by atoms with Gasteiger partial charge >= 0.3 is 0 Å². The van der Waals surface area contributed by atoms with E-state index in [1.807, 2.05) is 18.2 Å². The number of ether oxygens (including phenoxy) is 1. The number of nitrogens with two attached hydrogens (primary N) is 1. The minimum absolute atomic E-state index is 0.191. The molecule has 0 saturated heterocycles. The standard InChI is InChI=1S/C14H21N3O/c1-4-10(2)17-12(9-16-14(17)15)11-7-5-6-8-13(11)18-3/h5-8,10,12H,4,9H2,1-3H3,(H2,15,16). The van der Waals surface area contributed by atoms with Crippen LogP contribution in [0.1, 0.15) is 31.9 Å². The van der Waals surface area contributed by atoms with Gasteiger partial charge in [0, 0.05) is 11.6 Å². The first-order valence-corrected chi connectivity index (χ1v) is 6.40. The van der Waals surface area contributed by atoms with Crippen LogP contribution < -0.4 is 10.5 Å². The maximum absolute atomic E-state index is 6.01. The normalized spacial score (nSPS) is 20.7. The second-order valence-electron chi connectivity index (χ2n) is 4.62. The molecular formula is C14H21N3O. The smallest absolute Gasteiger partial charge is 0.192 e. The van der Waals surface area contributed by atoms with Gasteiger partial charge < -0.3 is 15.4 Å². The van der Waals surface area contributed by atoms with E-state index in [2.05, 4.69) is 29.8 Å². The summed E-state index contributed by atoms with van der Waals surface area (Å²) in [6.45, 7) is 5.04. The Labute approximate surface area is 108 Å². The van der Waals surface area contributed by atoms with Crippen molar-refractivity contribution in [1.29, 1.82) is 0 Å². The van der Waals surface area contributed by atoms with Crippen molar-refractivity contribution >= 4 is 5.96 Å². The van der Waals surface area contributed by atoms with Crippen molar-refractivity contribution in [2.45, 2.75) is 32.4 Å². The highest BCUT2D eigenvalue weighted by atomic mass is 16.5. The summed E-state index contributed by atoms with van der Waals surface area (Å²) in [7, 11) is 1.70. The van der Waals surface area contributed by atoms with Crippen LogP contribution in [0.2, 0.25) is 0 Å². The molecule has 1 aromatic rings. The minimum atomic E-state index is 0.191. The summed E-state index contributed by atoms with van der Waals surface area (Å²) in [6, 6.07) is 8.66. The van der Waals surface area contributed by atoms with E-state index in [1.54, 1.807) is 7.11 Å². The molecule has 1 heterocycles. The highest BCUT2D eigenvalue weighted by molar-refractivity contribution is 5.81. The molecule has 2 rings (SSSR count). The zero-order valence-electron chi connectivity index (χ0n) is 11.3. The fraction of sp³-hybridized carbons (Fsp3) is 0.500. The van der Waals surface area contributed by atoms with Crippen LogP contribution in [0.4, 0.5) is 0 Å². The van der Waals surface area contributed by atoms with E-state index in [0.29, 0.717) is 18.5 Å². The summed E-state index contributed by atoms with van der Waals surface area (Å²) < 4.78 is 5.44. The number of hydrogen-bond acceptors (Lipinski definition) is 4. The number of guanidine groups is 1. The van der Waals surface area contributed by atoms with E-state index in [9.17, 15) is 0 Å². The molecule has 98 valence electrons. The van der Waals surface area contributed by atoms with Gasteiger partial charge in [-0.25, -0.2) is 0 Å². The molecular weight excluding hydrogens is 226 g/mol. The highest BCUT2D eigenvalue weighted by Gasteiger charge is 2.32. The van der Waals surface area contributed by atoms with Gasteiger partial charge in [-0.05, 0) is 19.4 Å². The lowest BCUT2D eigenvalue weighted by Gasteiger charge is -2.32. The predicted molar refractivity (Wildman–Crippen MR) is 73.8 cm³/mol. The molecule has 2 atom stereocenters. The Morgan fingerprint density at radius 1 is 1.50 bits per heavy atom. The quantitative estimate of drug-likeness (QED) is 0.887. The van der Waals surface area contributed by atoms with Gasteiger partial charge in [-0.3, -0.25) is 4.99 Å². The predicted octanol–water partition coefficient (Wildman–Crippen LogP) is 2.17. The summed E-state index contributed by atoms with van der Waals surface area (Å²) in [5, 5.41) is 0. The molecule has 0 bridgehead atoms. The number of rotatable bonds is 4. The zero-order valence-corrected chi connectivity index (χ0v) is 11.3. The number of para-hydroxylation sites is 1. The monoisotopic (exact) mass is 247 g/mol. The molecule has 4 nitrogen and oxygen atoms in total. The van der Waals surface area contributed by atoms with E-state index >= 15 is 0 Å². The summed E-state index contributed by atoms with van der Waals surface area (Å²) in [5.41, 5.74) is 7.17. The van der Waals surface area contributed by atoms with E-state index in [1.165, 1.54) is 0 Å². The molecule has 1 aliphatic rings. The van der Waals surface area contributed by atoms with E-state index < -0.39 is 0 Å². The second-order valence-corrected chi connectivity index (χ2v) is 4.62. The first-order valence-electron chi connectivity index (χ1n) is 6.40. The van der Waals surface area contributed by atoms with Gasteiger partial charge in [0.25, 0.3) is 0 Å². The van der Waals surface area contributed by atoms with Crippen LogP contribution in [0, 0.1) is 0 Å². The van der Waals surface area contributed by atoms with Crippen molar-refractivity contribution in [1.82, 2.24) is 4.90 Å². The molecule has 1 aromatic carbocycles. The van der Waals surface area contributed by atoms with Crippen LogP contribution in [-0.2, 0) is 0 Å². The van der Waals surface area contributed by atoms with Crippen molar-refractivity contribution in [2.24, 2.45) is 10.7 Å².